The van der Waals surface area contributed by atoms with E-state index in [1.807, 2.05) is 30.3 Å². The summed E-state index contributed by atoms with van der Waals surface area (Å²) in [5, 5.41) is 0. The van der Waals surface area contributed by atoms with Crippen LogP contribution < -0.4 is 4.74 Å². The number of benzene rings is 2. The van der Waals surface area contributed by atoms with E-state index in [1.54, 1.807) is 14.2 Å². The van der Waals surface area contributed by atoms with E-state index in [9.17, 15) is 0 Å². The highest BCUT2D eigenvalue weighted by molar-refractivity contribution is 5.30. The summed E-state index contributed by atoms with van der Waals surface area (Å²) in [6.45, 7) is 0.681. The fourth-order valence-electron chi connectivity index (χ4n) is 3.92. The van der Waals surface area contributed by atoms with E-state index < -0.39 is 0 Å². The van der Waals surface area contributed by atoms with Gasteiger partial charge in [-0.15, -0.1) is 0 Å². The first kappa shape index (κ1) is 15.6. The lowest BCUT2D eigenvalue weighted by Crippen LogP contribution is -2.24. The Kier molecular flexibility index (Phi) is 4.27. The van der Waals surface area contributed by atoms with E-state index in [0.717, 1.165) is 11.3 Å². The molecule has 4 nitrogen and oxygen atoms in total. The molecular formula is C20H22O4. The van der Waals surface area contributed by atoms with E-state index in [0.29, 0.717) is 12.5 Å². The summed E-state index contributed by atoms with van der Waals surface area (Å²) in [5.41, 5.74) is 2.33. The molecule has 2 aliphatic heterocycles. The standard InChI is InChI=1S/C20H22O4/c1-21-15-10-8-14(9-11-15)19-17-16(12-23-19)18(24-20(17)22-2)13-6-4-3-5-7-13/h3-11,16-20H,12H2,1-2H3/t16-,17-,18+,19+,20?/m1/s1. The van der Waals surface area contributed by atoms with Crippen LogP contribution >= 0.6 is 0 Å². The largest absolute Gasteiger partial charge is 0.497 e. The first-order chi connectivity index (χ1) is 11.8. The molecule has 2 aromatic carbocycles. The molecule has 0 saturated carbocycles. The fourth-order valence-corrected chi connectivity index (χ4v) is 3.92. The molecule has 0 bridgehead atoms. The highest BCUT2D eigenvalue weighted by Gasteiger charge is 2.53. The Morgan fingerprint density at radius 2 is 1.58 bits per heavy atom. The zero-order valence-electron chi connectivity index (χ0n) is 13.9. The Balaban J connectivity index is 1.62. The maximum Gasteiger partial charge on any atom is 0.164 e. The van der Waals surface area contributed by atoms with E-state index in [2.05, 4.69) is 24.3 Å². The van der Waals surface area contributed by atoms with Gasteiger partial charge in [0.15, 0.2) is 6.29 Å². The van der Waals surface area contributed by atoms with Crippen LogP contribution in [0.3, 0.4) is 0 Å². The monoisotopic (exact) mass is 326 g/mol. The molecule has 1 unspecified atom stereocenters. The molecule has 24 heavy (non-hydrogen) atoms. The topological polar surface area (TPSA) is 36.9 Å². The lowest BCUT2D eigenvalue weighted by Gasteiger charge is -2.22. The first-order valence-electron chi connectivity index (χ1n) is 8.30. The van der Waals surface area contributed by atoms with Gasteiger partial charge in [-0.3, -0.25) is 0 Å². The highest BCUT2D eigenvalue weighted by Crippen LogP contribution is 2.53. The van der Waals surface area contributed by atoms with Crippen LogP contribution in [0.2, 0.25) is 0 Å². The molecule has 2 aliphatic rings. The molecule has 5 atom stereocenters. The van der Waals surface area contributed by atoms with Gasteiger partial charge in [-0.05, 0) is 23.3 Å². The van der Waals surface area contributed by atoms with Crippen LogP contribution in [0.1, 0.15) is 23.3 Å². The molecule has 0 aromatic heterocycles. The van der Waals surface area contributed by atoms with E-state index in [1.165, 1.54) is 5.56 Å². The van der Waals surface area contributed by atoms with Crippen LogP contribution in [0.4, 0.5) is 0 Å². The summed E-state index contributed by atoms with van der Waals surface area (Å²) in [5.74, 6) is 1.33. The van der Waals surface area contributed by atoms with Crippen molar-refractivity contribution < 1.29 is 18.9 Å². The van der Waals surface area contributed by atoms with Crippen molar-refractivity contribution in [2.24, 2.45) is 11.8 Å². The van der Waals surface area contributed by atoms with E-state index >= 15 is 0 Å². The number of fused-ring (bicyclic) bond motifs is 1. The molecule has 0 radical (unpaired) electrons. The summed E-state index contributed by atoms with van der Waals surface area (Å²) in [7, 11) is 3.38. The van der Waals surface area contributed by atoms with Crippen molar-refractivity contribution in [3.63, 3.8) is 0 Å². The Hall–Kier alpha value is -1.88. The summed E-state index contributed by atoms with van der Waals surface area (Å²) in [6, 6.07) is 18.4. The molecule has 4 heteroatoms. The molecule has 126 valence electrons. The SMILES string of the molecule is COc1ccc([C@@H]2OC[C@@H]3[C@H]2C(OC)O[C@H]3c2ccccc2)cc1. The molecule has 0 amide bonds. The highest BCUT2D eigenvalue weighted by atomic mass is 16.7. The van der Waals surface area contributed by atoms with Crippen molar-refractivity contribution in [2.75, 3.05) is 20.8 Å². The average Bonchev–Trinajstić information content (AvgIpc) is 3.23. The molecule has 0 N–H and O–H groups in total. The number of ether oxygens (including phenoxy) is 4. The van der Waals surface area contributed by atoms with Gasteiger partial charge < -0.3 is 18.9 Å². The van der Waals surface area contributed by atoms with Gasteiger partial charge in [-0.2, -0.15) is 0 Å². The Labute approximate surface area is 142 Å². The summed E-state index contributed by atoms with van der Waals surface area (Å²) >= 11 is 0. The molecular weight excluding hydrogens is 304 g/mol. The quantitative estimate of drug-likeness (QED) is 0.857. The Bertz CT molecular complexity index is 670. The van der Waals surface area contributed by atoms with Crippen molar-refractivity contribution in [1.82, 2.24) is 0 Å². The molecule has 2 saturated heterocycles. The lowest BCUT2D eigenvalue weighted by atomic mass is 9.84. The predicted molar refractivity (Wildman–Crippen MR) is 89.7 cm³/mol. The van der Waals surface area contributed by atoms with Crippen LogP contribution in [0.5, 0.6) is 5.75 Å². The van der Waals surface area contributed by atoms with Crippen LogP contribution in [-0.4, -0.2) is 27.1 Å². The molecule has 0 spiro atoms. The van der Waals surface area contributed by atoms with E-state index in [-0.39, 0.29) is 24.4 Å². The third-order valence-corrected chi connectivity index (χ3v) is 5.10. The van der Waals surface area contributed by atoms with Crippen molar-refractivity contribution in [2.45, 2.75) is 18.5 Å². The van der Waals surface area contributed by atoms with Crippen LogP contribution in [-0.2, 0) is 14.2 Å². The second-order valence-electron chi connectivity index (χ2n) is 6.34. The van der Waals surface area contributed by atoms with Gasteiger partial charge in [0, 0.05) is 18.9 Å². The van der Waals surface area contributed by atoms with Crippen LogP contribution in [0, 0.1) is 11.8 Å². The van der Waals surface area contributed by atoms with Gasteiger partial charge in [-0.1, -0.05) is 42.5 Å². The predicted octanol–water partition coefficient (Wildman–Crippen LogP) is 3.74. The van der Waals surface area contributed by atoms with Gasteiger partial charge in [0.2, 0.25) is 0 Å². The fraction of sp³-hybridized carbons (Fsp3) is 0.400. The minimum atomic E-state index is -0.255. The maximum atomic E-state index is 6.23. The van der Waals surface area contributed by atoms with Crippen LogP contribution in [0.15, 0.2) is 54.6 Å². The molecule has 0 aliphatic carbocycles. The third kappa shape index (κ3) is 2.61. The van der Waals surface area contributed by atoms with Crippen molar-refractivity contribution in [3.8, 4) is 5.75 Å². The van der Waals surface area contributed by atoms with Crippen molar-refractivity contribution in [1.29, 1.82) is 0 Å². The second-order valence-corrected chi connectivity index (χ2v) is 6.34. The number of methoxy groups -OCH3 is 2. The number of hydrogen-bond acceptors (Lipinski definition) is 4. The van der Waals surface area contributed by atoms with Crippen molar-refractivity contribution in [3.05, 3.63) is 65.7 Å². The number of hydrogen-bond donors (Lipinski definition) is 0. The van der Waals surface area contributed by atoms with Gasteiger partial charge in [0.1, 0.15) is 5.75 Å². The molecule has 2 heterocycles. The Morgan fingerprint density at radius 1 is 0.875 bits per heavy atom. The van der Waals surface area contributed by atoms with Gasteiger partial charge in [0.05, 0.1) is 25.9 Å². The lowest BCUT2D eigenvalue weighted by molar-refractivity contribution is -0.153. The minimum Gasteiger partial charge on any atom is -0.497 e. The van der Waals surface area contributed by atoms with Crippen LogP contribution in [0.25, 0.3) is 0 Å². The molecule has 2 aromatic rings. The van der Waals surface area contributed by atoms with E-state index in [4.69, 9.17) is 18.9 Å². The second kappa shape index (κ2) is 6.55. The molecule has 4 rings (SSSR count). The zero-order valence-corrected chi connectivity index (χ0v) is 13.9. The minimum absolute atomic E-state index is 0.0143. The summed E-state index contributed by atoms with van der Waals surface area (Å²) in [4.78, 5) is 0. The van der Waals surface area contributed by atoms with Gasteiger partial charge in [0.25, 0.3) is 0 Å². The summed E-state index contributed by atoms with van der Waals surface area (Å²) in [6.07, 6.45) is -0.251. The average molecular weight is 326 g/mol. The maximum absolute atomic E-state index is 6.23. The smallest absolute Gasteiger partial charge is 0.164 e. The third-order valence-electron chi connectivity index (χ3n) is 5.10. The van der Waals surface area contributed by atoms with Gasteiger partial charge in [-0.25, -0.2) is 0 Å². The zero-order chi connectivity index (χ0) is 16.5. The summed E-state index contributed by atoms with van der Waals surface area (Å²) < 4.78 is 23.3. The Morgan fingerprint density at radius 3 is 2.25 bits per heavy atom. The first-order valence-corrected chi connectivity index (χ1v) is 8.30. The van der Waals surface area contributed by atoms with Gasteiger partial charge >= 0.3 is 0 Å². The molecule has 2 fully saturated rings. The van der Waals surface area contributed by atoms with Crippen molar-refractivity contribution >= 4 is 0 Å². The normalized spacial score (nSPS) is 31.8. The number of rotatable bonds is 4.